The third-order valence-electron chi connectivity index (χ3n) is 5.29. The Kier molecular flexibility index (Phi) is 8.38. The highest BCUT2D eigenvalue weighted by Gasteiger charge is 2.49. The van der Waals surface area contributed by atoms with Crippen molar-refractivity contribution in [2.45, 2.75) is 49.3 Å². The van der Waals surface area contributed by atoms with Crippen LogP contribution in [0.25, 0.3) is 0 Å². The molecule has 1 heterocycles. The number of ether oxygens (including phenoxy) is 3. The second-order valence-corrected chi connectivity index (χ2v) is 12.3. The van der Waals surface area contributed by atoms with Crippen molar-refractivity contribution in [3.05, 3.63) is 22.3 Å². The van der Waals surface area contributed by atoms with Gasteiger partial charge in [-0.05, 0) is 86.7 Å². The number of benzene rings is 1. The number of hydrogen-bond acceptors (Lipinski definition) is 8. The van der Waals surface area contributed by atoms with Crippen LogP contribution < -0.4 is 4.74 Å². The number of fused-ring (bicyclic) bond motifs is 1. The highest BCUT2D eigenvalue weighted by Crippen LogP contribution is 2.45. The number of halogens is 6. The maximum atomic E-state index is 13.5. The van der Waals surface area contributed by atoms with Crippen LogP contribution in [0.1, 0.15) is 42.5 Å². The summed E-state index contributed by atoms with van der Waals surface area (Å²) in [6.45, 7) is -0.819. The lowest BCUT2D eigenvalue weighted by Gasteiger charge is -2.42. The van der Waals surface area contributed by atoms with Gasteiger partial charge in [0, 0.05) is 26.4 Å². The van der Waals surface area contributed by atoms with E-state index in [2.05, 4.69) is 45.2 Å². The summed E-state index contributed by atoms with van der Waals surface area (Å²) in [4.78, 5) is 24.9. The largest absolute Gasteiger partial charge is 0.743 e. The first-order valence-corrected chi connectivity index (χ1v) is 14.1. The Morgan fingerprint density at radius 3 is 2.42 bits per heavy atom. The smallest absolute Gasteiger partial charge is 0.364 e. The normalized spacial score (nSPS) is 24.0. The first-order chi connectivity index (χ1) is 15.2. The van der Waals surface area contributed by atoms with Crippen LogP contribution in [0.3, 0.4) is 0 Å². The Hall–Kier alpha value is -0.150. The number of carbonyl (C=O) groups excluding carboxylic acids is 2. The first kappa shape index (κ1) is 27.4. The van der Waals surface area contributed by atoms with Gasteiger partial charge in [-0.3, -0.25) is 4.79 Å². The molecule has 33 heavy (non-hydrogen) atoms. The Bertz CT molecular complexity index is 1070. The molecular weight excluding hydrogens is 814 g/mol. The van der Waals surface area contributed by atoms with Crippen molar-refractivity contribution in [1.82, 2.24) is 0 Å². The van der Waals surface area contributed by atoms with E-state index < -0.39 is 58.2 Å². The lowest BCUT2D eigenvalue weighted by molar-refractivity contribution is -0.184. The maximum absolute atomic E-state index is 13.5. The number of carbonyl (C=O) groups is 2. The Morgan fingerprint density at radius 2 is 1.85 bits per heavy atom. The minimum atomic E-state index is -6.18. The lowest BCUT2D eigenvalue weighted by atomic mass is 9.84. The minimum absolute atomic E-state index is 0.175. The highest BCUT2D eigenvalue weighted by molar-refractivity contribution is 14.1. The average Bonchev–Trinajstić information content (AvgIpc) is 2.71. The zero-order valence-corrected chi connectivity index (χ0v) is 23.7. The molecule has 1 aromatic rings. The predicted molar refractivity (Wildman–Crippen MR) is 130 cm³/mol. The van der Waals surface area contributed by atoms with E-state index in [1.807, 2.05) is 28.7 Å². The van der Waals surface area contributed by atoms with Gasteiger partial charge >= 0.3 is 17.2 Å². The van der Waals surface area contributed by atoms with Crippen molar-refractivity contribution in [2.24, 2.45) is 5.92 Å². The van der Waals surface area contributed by atoms with Gasteiger partial charge in [0.15, 0.2) is 22.0 Å². The molecule has 1 fully saturated rings. The fourth-order valence-corrected chi connectivity index (χ4v) is 6.41. The van der Waals surface area contributed by atoms with Gasteiger partial charge in [0.2, 0.25) is 0 Å². The van der Waals surface area contributed by atoms with Crippen LogP contribution in [0.15, 0.2) is 6.07 Å². The summed E-state index contributed by atoms with van der Waals surface area (Å²) in [6.07, 6.45) is -3.70. The summed E-state index contributed by atoms with van der Waals surface area (Å²) in [5.74, 6) is -2.81. The summed E-state index contributed by atoms with van der Waals surface area (Å²) < 4.78 is 89.9. The summed E-state index contributed by atoms with van der Waals surface area (Å²) in [7, 11) is -6.18. The van der Waals surface area contributed by atoms with E-state index in [9.17, 15) is 35.7 Å². The SMILES string of the molecule is O=C1OC2(CCC(C(=O)OCCC(F)C(F)(F)S(=O)(=O)[O-])CC2)Oc2c(I)cc(I)c(I)c21. The van der Waals surface area contributed by atoms with E-state index in [1.54, 1.807) is 0 Å². The fourth-order valence-electron chi connectivity index (χ4n) is 3.49. The zero-order chi connectivity index (χ0) is 24.8. The molecule has 0 bridgehead atoms. The standard InChI is InChI=1S/C18H16F3I3O8S/c19-11(18(20,21)33(27,28)29)3-6-30-15(25)8-1-4-17(5-2-8)31-14-10(23)7-9(22)13(24)12(14)16(26)32-17/h7-8,11H,1-6H2,(H,27,28,29)/p-1. The van der Waals surface area contributed by atoms with Crippen LogP contribution in [-0.4, -0.2) is 48.7 Å². The topological polar surface area (TPSA) is 119 Å². The molecule has 0 aromatic heterocycles. The molecule has 3 rings (SSSR count). The predicted octanol–water partition coefficient (Wildman–Crippen LogP) is 4.35. The van der Waals surface area contributed by atoms with Gasteiger partial charge in [-0.1, -0.05) is 0 Å². The van der Waals surface area contributed by atoms with Crippen molar-refractivity contribution in [3.63, 3.8) is 0 Å². The molecule has 1 unspecified atom stereocenters. The van der Waals surface area contributed by atoms with E-state index in [0.717, 1.165) is 7.14 Å². The van der Waals surface area contributed by atoms with Gasteiger partial charge in [-0.2, -0.15) is 8.78 Å². The number of esters is 2. The molecule has 2 aliphatic rings. The molecule has 1 aliphatic heterocycles. The van der Waals surface area contributed by atoms with Crippen molar-refractivity contribution in [1.29, 1.82) is 0 Å². The molecule has 0 amide bonds. The van der Waals surface area contributed by atoms with E-state index >= 15 is 0 Å². The Balaban J connectivity index is 1.57. The molecule has 184 valence electrons. The van der Waals surface area contributed by atoms with E-state index in [1.165, 1.54) is 0 Å². The lowest BCUT2D eigenvalue weighted by Crippen LogP contribution is -2.48. The second-order valence-electron chi connectivity index (χ2n) is 7.47. The highest BCUT2D eigenvalue weighted by atomic mass is 127. The third kappa shape index (κ3) is 5.65. The van der Waals surface area contributed by atoms with Gasteiger partial charge in [0.25, 0.3) is 5.79 Å². The first-order valence-electron chi connectivity index (χ1n) is 9.42. The number of rotatable bonds is 6. The van der Waals surface area contributed by atoms with Crippen LogP contribution >= 0.6 is 67.8 Å². The Morgan fingerprint density at radius 1 is 1.24 bits per heavy atom. The van der Waals surface area contributed by atoms with Gasteiger partial charge in [-0.15, -0.1) is 0 Å². The minimum Gasteiger partial charge on any atom is -0.743 e. The fraction of sp³-hybridized carbons (Fsp3) is 0.556. The van der Waals surface area contributed by atoms with Crippen molar-refractivity contribution < 1.29 is 49.9 Å². The molecule has 0 N–H and O–H groups in total. The second kappa shape index (κ2) is 10.1. The van der Waals surface area contributed by atoms with Crippen molar-refractivity contribution >= 4 is 89.8 Å². The van der Waals surface area contributed by atoms with Crippen molar-refractivity contribution in [2.75, 3.05) is 6.61 Å². The van der Waals surface area contributed by atoms with Crippen molar-refractivity contribution in [3.8, 4) is 5.75 Å². The molecule has 0 saturated heterocycles. The van der Waals surface area contributed by atoms with E-state index in [-0.39, 0.29) is 25.7 Å². The molecule has 1 atom stereocenters. The molecule has 1 aliphatic carbocycles. The summed E-state index contributed by atoms with van der Waals surface area (Å²) in [6, 6.07) is 1.87. The molecule has 1 saturated carbocycles. The molecule has 0 radical (unpaired) electrons. The number of hydrogen-bond donors (Lipinski definition) is 0. The Labute approximate surface area is 227 Å². The summed E-state index contributed by atoms with van der Waals surface area (Å²) in [5.41, 5.74) is 0.344. The van der Waals surface area contributed by atoms with Gasteiger partial charge < -0.3 is 18.8 Å². The monoisotopic (exact) mass is 829 g/mol. The summed E-state index contributed by atoms with van der Waals surface area (Å²) in [5, 5.41) is -5.11. The third-order valence-corrected chi connectivity index (χ3v) is 10.0. The quantitative estimate of drug-likeness (QED) is 0.180. The molecule has 1 aromatic carbocycles. The van der Waals surface area contributed by atoms with Gasteiger partial charge in [0.1, 0.15) is 5.56 Å². The maximum Gasteiger partial charge on any atom is 0.364 e. The van der Waals surface area contributed by atoms with Crippen LogP contribution in [0.4, 0.5) is 13.2 Å². The average molecular weight is 829 g/mol. The van der Waals surface area contributed by atoms with Crippen LogP contribution in [0.2, 0.25) is 0 Å². The van der Waals surface area contributed by atoms with Crippen LogP contribution in [0.5, 0.6) is 5.75 Å². The zero-order valence-electron chi connectivity index (χ0n) is 16.4. The van der Waals surface area contributed by atoms with Gasteiger partial charge in [-0.25, -0.2) is 17.6 Å². The molecule has 1 spiro atoms. The van der Waals surface area contributed by atoms with Gasteiger partial charge in [0.05, 0.1) is 16.1 Å². The molecule has 8 nitrogen and oxygen atoms in total. The van der Waals surface area contributed by atoms with E-state index in [4.69, 9.17) is 14.2 Å². The summed E-state index contributed by atoms with van der Waals surface area (Å²) >= 11 is 6.21. The van der Waals surface area contributed by atoms with Crippen LogP contribution in [-0.2, 0) is 24.4 Å². The van der Waals surface area contributed by atoms with Crippen LogP contribution in [0, 0.1) is 16.6 Å². The molecular formula is C18H15F3I3O8S-. The number of alkyl halides is 3. The molecule has 15 heteroatoms. The van der Waals surface area contributed by atoms with E-state index in [0.29, 0.717) is 14.9 Å².